The summed E-state index contributed by atoms with van der Waals surface area (Å²) in [5.74, 6) is 1.33. The molecule has 172 valence electrons. The molecule has 0 amide bonds. The molecule has 0 saturated carbocycles. The minimum absolute atomic E-state index is 0.198. The van der Waals surface area contributed by atoms with Gasteiger partial charge in [-0.3, -0.25) is 14.5 Å². The lowest BCUT2D eigenvalue weighted by Gasteiger charge is -2.21. The van der Waals surface area contributed by atoms with Crippen molar-refractivity contribution in [1.29, 1.82) is 0 Å². The Hall–Kier alpha value is -4.32. The second-order valence-corrected chi connectivity index (χ2v) is 8.18. The number of halogens is 1. The van der Waals surface area contributed by atoms with Crippen molar-refractivity contribution in [3.63, 3.8) is 0 Å². The number of nitrogen functional groups attached to an aromatic ring is 1. The predicted octanol–water partition coefficient (Wildman–Crippen LogP) is 2.41. The number of H-pyrrole nitrogens is 1. The van der Waals surface area contributed by atoms with Crippen molar-refractivity contribution in [2.75, 3.05) is 11.1 Å². The summed E-state index contributed by atoms with van der Waals surface area (Å²) in [6, 6.07) is 8.61. The van der Waals surface area contributed by atoms with Crippen molar-refractivity contribution in [2.24, 2.45) is 7.05 Å². The first kappa shape index (κ1) is 21.5. The second kappa shape index (κ2) is 8.23. The molecule has 5 aromatic rings. The van der Waals surface area contributed by atoms with Gasteiger partial charge in [0.15, 0.2) is 5.82 Å². The quantitative estimate of drug-likeness (QED) is 0.345. The Morgan fingerprint density at radius 1 is 1.24 bits per heavy atom. The number of fused-ring (bicyclic) bond motifs is 1. The smallest absolute Gasteiger partial charge is 0.266 e. The van der Waals surface area contributed by atoms with Crippen LogP contribution in [0.4, 0.5) is 11.6 Å². The molecule has 13 heteroatoms. The first-order valence-corrected chi connectivity index (χ1v) is 10.7. The maximum Gasteiger partial charge on any atom is 0.266 e. The summed E-state index contributed by atoms with van der Waals surface area (Å²) in [4.78, 5) is 23.3. The lowest BCUT2D eigenvalue weighted by Crippen LogP contribution is -2.26. The van der Waals surface area contributed by atoms with Crippen molar-refractivity contribution in [1.82, 2.24) is 44.9 Å². The van der Waals surface area contributed by atoms with Gasteiger partial charge in [0.1, 0.15) is 23.5 Å². The number of aromatic amines is 1. The fourth-order valence-corrected chi connectivity index (χ4v) is 4.07. The van der Waals surface area contributed by atoms with E-state index in [9.17, 15) is 4.79 Å². The van der Waals surface area contributed by atoms with Gasteiger partial charge in [0.2, 0.25) is 5.82 Å². The maximum atomic E-state index is 13.6. The van der Waals surface area contributed by atoms with Gasteiger partial charge in [-0.05, 0) is 36.6 Å². The van der Waals surface area contributed by atoms with Crippen LogP contribution < -0.4 is 16.6 Å². The van der Waals surface area contributed by atoms with Gasteiger partial charge in [0.25, 0.3) is 5.56 Å². The summed E-state index contributed by atoms with van der Waals surface area (Å²) < 4.78 is 1.53. The number of nitrogens with two attached hydrogens (primary N) is 1. The molecule has 0 bridgehead atoms. The molecule has 0 aliphatic rings. The number of aryl methyl sites for hydroxylation is 2. The molecule has 0 radical (unpaired) electrons. The van der Waals surface area contributed by atoms with Gasteiger partial charge in [0, 0.05) is 11.8 Å². The lowest BCUT2D eigenvalue weighted by atomic mass is 10.1. The highest BCUT2D eigenvalue weighted by Crippen LogP contribution is 2.31. The van der Waals surface area contributed by atoms with Crippen molar-refractivity contribution < 1.29 is 0 Å². The molecule has 0 spiro atoms. The lowest BCUT2D eigenvalue weighted by molar-refractivity contribution is 0.630. The molecule has 12 nitrogen and oxygen atoms in total. The number of tetrazole rings is 1. The standard InChI is InChI=1S/C21H20ClN11O/c1-10-7-15(28-27-10)33-14(8-12-5-4-6-13(22)16(12)21(33)34)11(2)26-19-17(18(23)24-9-25-19)20-29-31-32(3)30-20/h4-9,11H,1-3H3,(H,27,28)(H3,23,24,25,26). The zero-order valence-electron chi connectivity index (χ0n) is 18.5. The molecule has 0 aliphatic carbocycles. The Balaban J connectivity index is 1.67. The summed E-state index contributed by atoms with van der Waals surface area (Å²) >= 11 is 6.39. The van der Waals surface area contributed by atoms with Gasteiger partial charge in [-0.2, -0.15) is 9.90 Å². The summed E-state index contributed by atoms with van der Waals surface area (Å²) in [7, 11) is 1.65. The third-order valence-corrected chi connectivity index (χ3v) is 5.67. The molecule has 5 rings (SSSR count). The Morgan fingerprint density at radius 2 is 2.06 bits per heavy atom. The number of benzene rings is 1. The molecule has 4 N–H and O–H groups in total. The van der Waals surface area contributed by atoms with Gasteiger partial charge in [-0.25, -0.2) is 9.97 Å². The van der Waals surface area contributed by atoms with E-state index in [-0.39, 0.29) is 17.2 Å². The van der Waals surface area contributed by atoms with E-state index in [0.29, 0.717) is 38.7 Å². The van der Waals surface area contributed by atoms with E-state index in [0.717, 1.165) is 5.69 Å². The normalized spacial score (nSPS) is 12.2. The summed E-state index contributed by atoms with van der Waals surface area (Å²) in [6.45, 7) is 3.76. The van der Waals surface area contributed by atoms with Crippen LogP contribution in [0.2, 0.25) is 5.02 Å². The largest absolute Gasteiger partial charge is 0.383 e. The van der Waals surface area contributed by atoms with E-state index >= 15 is 0 Å². The first-order chi connectivity index (χ1) is 16.3. The molecule has 0 saturated heterocycles. The number of nitrogens with zero attached hydrogens (tertiary/aromatic N) is 8. The minimum atomic E-state index is -0.419. The van der Waals surface area contributed by atoms with E-state index in [1.807, 2.05) is 26.0 Å². The van der Waals surface area contributed by atoms with E-state index < -0.39 is 6.04 Å². The van der Waals surface area contributed by atoms with Crippen molar-refractivity contribution in [3.05, 3.63) is 63.4 Å². The summed E-state index contributed by atoms with van der Waals surface area (Å²) in [5, 5.41) is 24.1. The number of rotatable bonds is 5. The SMILES string of the molecule is Cc1cc(-n2c(C(C)Nc3ncnc(N)c3-c3nnn(C)n3)cc3cccc(Cl)c3c2=O)n[nH]1. The topological polar surface area (TPSA) is 158 Å². The highest BCUT2D eigenvalue weighted by molar-refractivity contribution is 6.35. The van der Waals surface area contributed by atoms with Crippen molar-refractivity contribution in [2.45, 2.75) is 19.9 Å². The van der Waals surface area contributed by atoms with Gasteiger partial charge in [-0.1, -0.05) is 23.7 Å². The van der Waals surface area contributed by atoms with Crippen molar-refractivity contribution >= 4 is 34.0 Å². The molecule has 0 fully saturated rings. The van der Waals surface area contributed by atoms with Crippen LogP contribution in [-0.2, 0) is 7.05 Å². The van der Waals surface area contributed by atoms with Gasteiger partial charge in [0.05, 0.1) is 29.2 Å². The Kier molecular flexibility index (Phi) is 5.21. The second-order valence-electron chi connectivity index (χ2n) is 7.77. The summed E-state index contributed by atoms with van der Waals surface area (Å²) in [5.41, 5.74) is 7.71. The highest BCUT2D eigenvalue weighted by atomic mass is 35.5. The number of hydrogen-bond donors (Lipinski definition) is 3. The van der Waals surface area contributed by atoms with Gasteiger partial charge >= 0.3 is 0 Å². The Bertz CT molecular complexity index is 1590. The highest BCUT2D eigenvalue weighted by Gasteiger charge is 2.22. The maximum absolute atomic E-state index is 13.6. The Morgan fingerprint density at radius 3 is 2.76 bits per heavy atom. The van der Waals surface area contributed by atoms with Crippen LogP contribution in [-0.4, -0.2) is 44.9 Å². The van der Waals surface area contributed by atoms with Crippen LogP contribution in [0.1, 0.15) is 24.4 Å². The molecule has 4 aromatic heterocycles. The molecule has 0 aliphatic heterocycles. The van der Waals surface area contributed by atoms with Crippen LogP contribution in [0.25, 0.3) is 28.0 Å². The molecule has 1 atom stereocenters. The van der Waals surface area contributed by atoms with Crippen LogP contribution in [0.3, 0.4) is 0 Å². The third kappa shape index (κ3) is 3.63. The average molecular weight is 478 g/mol. The molecule has 1 unspecified atom stereocenters. The Labute approximate surface area is 197 Å². The van der Waals surface area contributed by atoms with Gasteiger partial charge in [-0.15, -0.1) is 10.2 Å². The van der Waals surface area contributed by atoms with Crippen LogP contribution in [0, 0.1) is 6.92 Å². The van der Waals surface area contributed by atoms with Crippen molar-refractivity contribution in [3.8, 4) is 17.2 Å². The fourth-order valence-electron chi connectivity index (χ4n) is 3.81. The van der Waals surface area contributed by atoms with Crippen LogP contribution >= 0.6 is 11.6 Å². The zero-order chi connectivity index (χ0) is 24.0. The monoisotopic (exact) mass is 477 g/mol. The number of pyridine rings is 1. The number of aromatic nitrogens is 9. The minimum Gasteiger partial charge on any atom is -0.383 e. The van der Waals surface area contributed by atoms with E-state index in [4.69, 9.17) is 17.3 Å². The molecular weight excluding hydrogens is 458 g/mol. The third-order valence-electron chi connectivity index (χ3n) is 5.35. The molecule has 4 heterocycles. The average Bonchev–Trinajstić information content (AvgIpc) is 3.41. The van der Waals surface area contributed by atoms with E-state index in [1.165, 1.54) is 15.7 Å². The van der Waals surface area contributed by atoms with E-state index in [2.05, 4.69) is 40.9 Å². The number of nitrogens with one attached hydrogen (secondary N) is 2. The number of hydrogen-bond acceptors (Lipinski definition) is 9. The fraction of sp³-hybridized carbons (Fsp3) is 0.190. The van der Waals surface area contributed by atoms with Gasteiger partial charge < -0.3 is 11.1 Å². The van der Waals surface area contributed by atoms with E-state index in [1.54, 1.807) is 25.2 Å². The predicted molar refractivity (Wildman–Crippen MR) is 128 cm³/mol. The van der Waals surface area contributed by atoms with Crippen LogP contribution in [0.5, 0.6) is 0 Å². The van der Waals surface area contributed by atoms with Crippen LogP contribution in [0.15, 0.2) is 41.5 Å². The molecule has 34 heavy (non-hydrogen) atoms. The zero-order valence-corrected chi connectivity index (χ0v) is 19.2. The number of anilines is 2. The molecule has 1 aromatic carbocycles. The summed E-state index contributed by atoms with van der Waals surface area (Å²) in [6.07, 6.45) is 1.34. The first-order valence-electron chi connectivity index (χ1n) is 10.3. The molecular formula is C21H20ClN11O.